The third-order valence-corrected chi connectivity index (χ3v) is 7.57. The van der Waals surface area contributed by atoms with Crippen molar-refractivity contribution in [1.29, 1.82) is 0 Å². The van der Waals surface area contributed by atoms with Crippen LogP contribution in [0.4, 0.5) is 10.5 Å². The van der Waals surface area contributed by atoms with Crippen molar-refractivity contribution < 1.29 is 27.3 Å². The molecule has 0 aliphatic rings. The summed E-state index contributed by atoms with van der Waals surface area (Å²) >= 11 is 1.44. The van der Waals surface area contributed by atoms with E-state index >= 15 is 0 Å². The van der Waals surface area contributed by atoms with E-state index in [-0.39, 0.29) is 12.1 Å². The lowest BCUT2D eigenvalue weighted by Crippen LogP contribution is -2.49. The molecule has 4 aromatic rings. The van der Waals surface area contributed by atoms with Gasteiger partial charge in [-0.15, -0.1) is 11.3 Å². The second kappa shape index (κ2) is 13.2. The van der Waals surface area contributed by atoms with Gasteiger partial charge in [-0.25, -0.2) is 9.78 Å². The fourth-order valence-electron chi connectivity index (χ4n) is 4.01. The van der Waals surface area contributed by atoms with Gasteiger partial charge in [-0.2, -0.15) is 8.42 Å². The Morgan fingerprint density at radius 2 is 1.52 bits per heavy atom. The van der Waals surface area contributed by atoms with E-state index in [0.29, 0.717) is 11.4 Å². The van der Waals surface area contributed by atoms with E-state index in [9.17, 15) is 18.0 Å². The van der Waals surface area contributed by atoms with Crippen LogP contribution in [0.15, 0.2) is 91.1 Å². The number of nitrogens with zero attached hydrogens (tertiary/aromatic N) is 1. The molecule has 2 atom stereocenters. The van der Waals surface area contributed by atoms with Crippen LogP contribution in [0.25, 0.3) is 10.4 Å². The molecule has 10 nitrogen and oxygen atoms in total. The zero-order valence-corrected chi connectivity index (χ0v) is 23.1. The van der Waals surface area contributed by atoms with E-state index in [1.165, 1.54) is 30.6 Å². The number of benzene rings is 3. The van der Waals surface area contributed by atoms with Crippen molar-refractivity contribution in [3.05, 3.63) is 107 Å². The lowest BCUT2D eigenvalue weighted by atomic mass is 10.0. The van der Waals surface area contributed by atoms with Gasteiger partial charge < -0.3 is 15.4 Å². The summed E-state index contributed by atoms with van der Waals surface area (Å²) in [5.74, 6) is -0.416. The van der Waals surface area contributed by atoms with Gasteiger partial charge in [0.25, 0.3) is 0 Å². The minimum Gasteiger partial charge on any atom is -0.453 e. The van der Waals surface area contributed by atoms with Crippen LogP contribution in [0.2, 0.25) is 0 Å². The van der Waals surface area contributed by atoms with Gasteiger partial charge in [0.1, 0.15) is 11.0 Å². The maximum atomic E-state index is 13.6. The maximum absolute atomic E-state index is 13.6. The number of rotatable bonds is 11. The number of hydrogen-bond acceptors (Lipinski definition) is 7. The molecule has 0 bridgehead atoms. The van der Waals surface area contributed by atoms with Crippen LogP contribution in [0.5, 0.6) is 0 Å². The minimum atomic E-state index is -4.40. The lowest BCUT2D eigenvalue weighted by molar-refractivity contribution is -0.123. The van der Waals surface area contributed by atoms with Crippen LogP contribution in [0.1, 0.15) is 22.2 Å². The average molecular weight is 581 g/mol. The van der Waals surface area contributed by atoms with Crippen LogP contribution < -0.4 is 15.4 Å². The Bertz CT molecular complexity index is 1530. The highest BCUT2D eigenvalue weighted by Gasteiger charge is 2.26. The molecule has 0 fully saturated rings. The molecule has 0 radical (unpaired) electrons. The van der Waals surface area contributed by atoms with Crippen LogP contribution in [0, 0.1) is 0 Å². The molecule has 4 N–H and O–H groups in total. The van der Waals surface area contributed by atoms with Crippen LogP contribution in [-0.4, -0.2) is 43.1 Å². The predicted octanol–water partition coefficient (Wildman–Crippen LogP) is 4.39. The van der Waals surface area contributed by atoms with Crippen LogP contribution in [-0.2, 0) is 32.7 Å². The lowest BCUT2D eigenvalue weighted by Gasteiger charge is -2.22. The highest BCUT2D eigenvalue weighted by Crippen LogP contribution is 2.31. The van der Waals surface area contributed by atoms with E-state index < -0.39 is 34.4 Å². The third-order valence-electron chi connectivity index (χ3n) is 5.91. The molecule has 3 aromatic carbocycles. The number of amides is 2. The summed E-state index contributed by atoms with van der Waals surface area (Å²) in [6.07, 6.45) is 1.60. The molecule has 0 saturated heterocycles. The van der Waals surface area contributed by atoms with Gasteiger partial charge in [-0.3, -0.25) is 14.1 Å². The molecule has 0 saturated carbocycles. The van der Waals surface area contributed by atoms with E-state index in [1.807, 2.05) is 65.4 Å². The second-order valence-electron chi connectivity index (χ2n) is 8.85. The molecule has 0 spiro atoms. The Kier molecular flexibility index (Phi) is 9.48. The smallest absolute Gasteiger partial charge is 0.407 e. The number of methoxy groups -OCH3 is 1. The first-order valence-electron chi connectivity index (χ1n) is 12.2. The Hall–Kier alpha value is -4.26. The molecule has 40 heavy (non-hydrogen) atoms. The Labute approximate surface area is 236 Å². The van der Waals surface area contributed by atoms with Crippen molar-refractivity contribution in [3.8, 4) is 10.4 Å². The largest absolute Gasteiger partial charge is 0.453 e. The summed E-state index contributed by atoms with van der Waals surface area (Å²) in [6, 6.07) is 24.0. The van der Waals surface area contributed by atoms with E-state index in [0.717, 1.165) is 21.6 Å². The molecule has 1 aromatic heterocycles. The topological polar surface area (TPSA) is 147 Å². The molecule has 12 heteroatoms. The highest BCUT2D eigenvalue weighted by molar-refractivity contribution is 7.87. The number of aromatic nitrogens is 1. The fourth-order valence-corrected chi connectivity index (χ4v) is 5.42. The molecule has 2 unspecified atom stereocenters. The molecule has 0 aliphatic heterocycles. The van der Waals surface area contributed by atoms with Crippen molar-refractivity contribution in [1.82, 2.24) is 15.6 Å². The average Bonchev–Trinajstić information content (AvgIpc) is 3.44. The normalized spacial score (nSPS) is 12.7. The first-order valence-corrected chi connectivity index (χ1v) is 14.5. The molecule has 2 amide bonds. The summed E-state index contributed by atoms with van der Waals surface area (Å²) in [4.78, 5) is 31.1. The van der Waals surface area contributed by atoms with Gasteiger partial charge in [-0.1, -0.05) is 72.8 Å². The van der Waals surface area contributed by atoms with Gasteiger partial charge in [0.2, 0.25) is 5.91 Å². The van der Waals surface area contributed by atoms with E-state index in [2.05, 4.69) is 15.6 Å². The number of anilines is 1. The summed E-state index contributed by atoms with van der Waals surface area (Å²) < 4.78 is 38.1. The number of alkyl carbamates (subject to hydrolysis) is 1. The van der Waals surface area contributed by atoms with Gasteiger partial charge >= 0.3 is 16.4 Å². The van der Waals surface area contributed by atoms with Crippen molar-refractivity contribution in [2.24, 2.45) is 0 Å². The first-order chi connectivity index (χ1) is 19.2. The van der Waals surface area contributed by atoms with Crippen molar-refractivity contribution >= 4 is 39.3 Å². The monoisotopic (exact) mass is 580 g/mol. The van der Waals surface area contributed by atoms with Gasteiger partial charge in [-0.05, 0) is 35.2 Å². The Morgan fingerprint density at radius 3 is 2.15 bits per heavy atom. The van der Waals surface area contributed by atoms with E-state index in [1.54, 1.807) is 18.3 Å². The number of hydrogen-bond donors (Lipinski definition) is 4. The number of nitrogens with one attached hydrogen (secondary N) is 3. The standard InChI is InChI=1S/C28H28N4O6S2/c1-38-28(34)31-23(16-19-8-4-2-5-9-19)26(33)30-24(17-20-12-14-22(15-13-20)32-40(35,36)37)27-29-18-25(39-27)21-10-6-3-7-11-21/h2-15,18,23-24,32H,16-17H2,1H3,(H,30,33)(H,31,34)(H,35,36,37). The Morgan fingerprint density at radius 1 is 0.900 bits per heavy atom. The summed E-state index contributed by atoms with van der Waals surface area (Å²) in [5, 5.41) is 6.31. The highest BCUT2D eigenvalue weighted by atomic mass is 32.2. The minimum absolute atomic E-state index is 0.192. The zero-order valence-electron chi connectivity index (χ0n) is 21.5. The van der Waals surface area contributed by atoms with Crippen LogP contribution >= 0.6 is 11.3 Å². The molecule has 208 valence electrons. The molecule has 4 rings (SSSR count). The number of thiazole rings is 1. The van der Waals surface area contributed by atoms with Gasteiger partial charge in [0, 0.05) is 12.6 Å². The molecular weight excluding hydrogens is 552 g/mol. The number of carbonyl (C=O) groups excluding carboxylic acids is 2. The summed E-state index contributed by atoms with van der Waals surface area (Å²) in [6.45, 7) is 0. The second-order valence-corrected chi connectivity index (χ2v) is 11.1. The van der Waals surface area contributed by atoms with Gasteiger partial charge in [0.15, 0.2) is 0 Å². The van der Waals surface area contributed by atoms with Crippen LogP contribution in [0.3, 0.4) is 0 Å². The van der Waals surface area contributed by atoms with Gasteiger partial charge in [0.05, 0.1) is 23.7 Å². The number of carbonyl (C=O) groups is 2. The first kappa shape index (κ1) is 28.7. The Balaban J connectivity index is 1.60. The maximum Gasteiger partial charge on any atom is 0.407 e. The summed E-state index contributed by atoms with van der Waals surface area (Å²) in [5.41, 5.74) is 2.82. The fraction of sp³-hybridized carbons (Fsp3) is 0.179. The SMILES string of the molecule is COC(=O)NC(Cc1ccccc1)C(=O)NC(Cc1ccc(NS(=O)(=O)O)cc1)c1ncc(-c2ccccc2)s1. The zero-order chi connectivity index (χ0) is 28.5. The quantitative estimate of drug-likeness (QED) is 0.192. The van der Waals surface area contributed by atoms with E-state index in [4.69, 9.17) is 9.29 Å². The van der Waals surface area contributed by atoms with Crippen molar-refractivity contribution in [2.75, 3.05) is 11.8 Å². The molecular formula is C28H28N4O6S2. The van der Waals surface area contributed by atoms with Crippen molar-refractivity contribution in [2.45, 2.75) is 24.9 Å². The van der Waals surface area contributed by atoms with Crippen molar-refractivity contribution in [3.63, 3.8) is 0 Å². The number of ether oxygens (including phenoxy) is 1. The molecule has 1 heterocycles. The summed E-state index contributed by atoms with van der Waals surface area (Å²) in [7, 11) is -3.17. The third kappa shape index (κ3) is 8.37. The predicted molar refractivity (Wildman–Crippen MR) is 153 cm³/mol. The molecule has 0 aliphatic carbocycles.